The van der Waals surface area contributed by atoms with E-state index < -0.39 is 23.7 Å². The molecule has 468 valence electrons. The van der Waals surface area contributed by atoms with E-state index in [1.165, 1.54) is 58.4 Å². The third-order valence-electron chi connectivity index (χ3n) is 16.5. The minimum Gasteiger partial charge on any atom is -0.492 e. The molecule has 0 saturated carbocycles. The Labute approximate surface area is 541 Å². The highest BCUT2D eigenvalue weighted by molar-refractivity contribution is 6.32. The predicted octanol–water partition coefficient (Wildman–Crippen LogP) is 17.0. The van der Waals surface area contributed by atoms with Gasteiger partial charge in [-0.15, -0.1) is 0 Å². The van der Waals surface area contributed by atoms with Crippen LogP contribution in [0.25, 0.3) is 43.8 Å². The van der Waals surface area contributed by atoms with Gasteiger partial charge < -0.3 is 28.4 Å². The monoisotopic (exact) mass is 1250 g/mol. The molecule has 2 aliphatic rings. The van der Waals surface area contributed by atoms with E-state index >= 15 is 0 Å². The van der Waals surface area contributed by atoms with Crippen molar-refractivity contribution in [3.63, 3.8) is 0 Å². The lowest BCUT2D eigenvalue weighted by atomic mass is 9.89. The average molecular weight is 1250 g/mol. The number of benzene rings is 10. The van der Waals surface area contributed by atoms with Gasteiger partial charge >= 0.3 is 23.9 Å². The maximum atomic E-state index is 14.4. The molecule has 0 aliphatic carbocycles. The van der Waals surface area contributed by atoms with Crippen LogP contribution in [0.15, 0.2) is 206 Å². The quantitative estimate of drug-likeness (QED) is 0.0532. The lowest BCUT2D eigenvalue weighted by Crippen LogP contribution is -2.33. The summed E-state index contributed by atoms with van der Waals surface area (Å²) in [5.41, 5.74) is 8.25. The third-order valence-corrected chi connectivity index (χ3v) is 16.8. The molecule has 12 rings (SSSR count). The fourth-order valence-electron chi connectivity index (χ4n) is 11.9. The van der Waals surface area contributed by atoms with E-state index in [1.807, 2.05) is 103 Å². The Balaban J connectivity index is 0.000000193. The first-order chi connectivity index (χ1) is 44.9. The zero-order valence-electron chi connectivity index (χ0n) is 51.7. The van der Waals surface area contributed by atoms with Gasteiger partial charge in [0, 0.05) is 32.5 Å². The number of carbonyl (C=O) groups excluding carboxylic acids is 4. The highest BCUT2D eigenvalue weighted by atomic mass is 35.5. The van der Waals surface area contributed by atoms with Crippen LogP contribution in [0, 0.1) is 5.82 Å². The van der Waals surface area contributed by atoms with E-state index in [1.54, 1.807) is 72.8 Å². The number of fused-ring (bicyclic) bond motifs is 2. The summed E-state index contributed by atoms with van der Waals surface area (Å²) < 4.78 is 48.7. The van der Waals surface area contributed by atoms with Gasteiger partial charge in [0.2, 0.25) is 0 Å². The van der Waals surface area contributed by atoms with Crippen LogP contribution >= 0.6 is 11.6 Å². The first-order valence-electron chi connectivity index (χ1n) is 31.4. The maximum absolute atomic E-state index is 14.4. The Morgan fingerprint density at radius 1 is 0.435 bits per heavy atom. The van der Waals surface area contributed by atoms with E-state index in [9.17, 15) is 23.6 Å². The topological polar surface area (TPSA) is 130 Å². The number of carbonyl (C=O) groups is 4. The molecule has 0 radical (unpaired) electrons. The standard InChI is InChI=1S/C44H38ClNO5.C34H34FNO5/c45-41-16-10-15-39(42(41)51-44(48)33-13-6-2-7-14-33)38-23-19-34-30-36(50-43(47)32-11-4-1-5-12-32)22-24-37(34)40(38)29-31-17-20-35(21-18-31)49-28-27-46-25-8-3-9-26-46;1-23(37)40-29-12-14-31-26(21-29)8-13-30(27-9-15-33(35)34(22-27)41-24(2)38)32(31)20-25-6-10-28(11-7-25)39-19-18-36-16-4-3-5-17-36/h1-2,4-7,10-24,30H,3,8-9,25-29H2;6-15,21-22H,3-5,16-20H2,1-2H3. The molecular formula is C78H72ClFN2O10. The fraction of sp³-hybridized carbons (Fsp3) is 0.231. The van der Waals surface area contributed by atoms with Crippen molar-refractivity contribution in [2.24, 2.45) is 0 Å². The smallest absolute Gasteiger partial charge is 0.343 e. The molecule has 0 bridgehead atoms. The normalized spacial score (nSPS) is 13.3. The van der Waals surface area contributed by atoms with Crippen LogP contribution in [0.3, 0.4) is 0 Å². The molecule has 2 heterocycles. The number of nitrogens with zero attached hydrogens (tertiary/aromatic N) is 2. The van der Waals surface area contributed by atoms with E-state index in [4.69, 9.17) is 40.0 Å². The summed E-state index contributed by atoms with van der Waals surface area (Å²) in [5, 5.41) is 4.07. The number of hydrogen-bond acceptors (Lipinski definition) is 12. The first-order valence-corrected chi connectivity index (χ1v) is 31.7. The number of ether oxygens (including phenoxy) is 6. The summed E-state index contributed by atoms with van der Waals surface area (Å²) in [7, 11) is 0. The molecule has 12 nitrogen and oxygen atoms in total. The molecule has 2 saturated heterocycles. The Bertz CT molecular complexity index is 4210. The van der Waals surface area contributed by atoms with Crippen LogP contribution < -0.4 is 28.4 Å². The average Bonchev–Trinajstić information content (AvgIpc) is 0.806. The zero-order valence-corrected chi connectivity index (χ0v) is 52.4. The third kappa shape index (κ3) is 16.8. The molecule has 92 heavy (non-hydrogen) atoms. The van der Waals surface area contributed by atoms with Gasteiger partial charge in [0.05, 0.1) is 16.1 Å². The number of halogens is 2. The van der Waals surface area contributed by atoms with E-state index in [-0.39, 0.29) is 11.7 Å². The molecule has 10 aromatic carbocycles. The minimum absolute atomic E-state index is 0.114. The minimum atomic E-state index is -0.604. The van der Waals surface area contributed by atoms with Gasteiger partial charge in [-0.3, -0.25) is 19.4 Å². The molecule has 0 aromatic heterocycles. The molecular weight excluding hydrogens is 1180 g/mol. The fourth-order valence-corrected chi connectivity index (χ4v) is 12.1. The SMILES string of the molecule is CC(=O)Oc1ccc2c(Cc3ccc(OCCN4CCCCC4)cc3)c(-c3ccc(F)c(OC(C)=O)c3)ccc2c1.O=C(Oc1ccc2c(Cc3ccc(OCCN4CCCCC4)cc3)c(-c3cccc(Cl)c3OC(=O)c3ccccc3)ccc2c1)c1ccccc1. The number of likely N-dealkylation sites (tertiary alicyclic amines) is 2. The molecule has 2 aliphatic heterocycles. The largest absolute Gasteiger partial charge is 0.492 e. The van der Waals surface area contributed by atoms with Crippen molar-refractivity contribution in [3.05, 3.63) is 250 Å². The van der Waals surface area contributed by atoms with Crippen molar-refractivity contribution in [1.82, 2.24) is 9.80 Å². The molecule has 2 fully saturated rings. The maximum Gasteiger partial charge on any atom is 0.343 e. The van der Waals surface area contributed by atoms with Crippen LogP contribution in [-0.4, -0.2) is 86.2 Å². The van der Waals surface area contributed by atoms with Gasteiger partial charge in [-0.1, -0.05) is 140 Å². The molecule has 14 heteroatoms. The lowest BCUT2D eigenvalue weighted by molar-refractivity contribution is -0.132. The van der Waals surface area contributed by atoms with Gasteiger partial charge in [-0.2, -0.15) is 0 Å². The van der Waals surface area contributed by atoms with Crippen molar-refractivity contribution in [2.45, 2.75) is 65.2 Å². The second-order valence-corrected chi connectivity index (χ2v) is 23.5. The van der Waals surface area contributed by atoms with Crippen molar-refractivity contribution in [3.8, 4) is 56.8 Å². The second-order valence-electron chi connectivity index (χ2n) is 23.1. The summed E-state index contributed by atoms with van der Waals surface area (Å²) in [4.78, 5) is 54.0. The van der Waals surface area contributed by atoms with Gasteiger partial charge in [0.1, 0.15) is 36.2 Å². The van der Waals surface area contributed by atoms with E-state index in [0.29, 0.717) is 65.0 Å². The summed E-state index contributed by atoms with van der Waals surface area (Å²) >= 11 is 6.73. The summed E-state index contributed by atoms with van der Waals surface area (Å²) in [6.45, 7) is 10.4. The zero-order chi connectivity index (χ0) is 63.8. The van der Waals surface area contributed by atoms with Crippen molar-refractivity contribution in [1.29, 1.82) is 0 Å². The Kier molecular flexibility index (Phi) is 21.5. The van der Waals surface area contributed by atoms with Crippen LogP contribution in [0.5, 0.6) is 34.5 Å². The molecule has 0 unspecified atom stereocenters. The molecule has 0 spiro atoms. The molecule has 0 atom stereocenters. The molecule has 0 amide bonds. The van der Waals surface area contributed by atoms with Crippen LogP contribution in [0.2, 0.25) is 5.02 Å². The molecule has 10 aromatic rings. The Morgan fingerprint density at radius 3 is 1.43 bits per heavy atom. The predicted molar refractivity (Wildman–Crippen MR) is 359 cm³/mol. The summed E-state index contributed by atoms with van der Waals surface area (Å²) in [6, 6.07) is 63.2. The number of para-hydroxylation sites is 1. The van der Waals surface area contributed by atoms with Gasteiger partial charge in [-0.05, 0) is 216 Å². The number of piperidine rings is 2. The highest BCUT2D eigenvalue weighted by Gasteiger charge is 2.22. The lowest BCUT2D eigenvalue weighted by Gasteiger charge is -2.26. The Hall–Kier alpha value is -9.66. The van der Waals surface area contributed by atoms with Crippen molar-refractivity contribution < 1.29 is 52.0 Å². The van der Waals surface area contributed by atoms with E-state index in [0.717, 1.165) is 111 Å². The number of esters is 4. The van der Waals surface area contributed by atoms with Gasteiger partial charge in [0.15, 0.2) is 17.3 Å². The van der Waals surface area contributed by atoms with Crippen LogP contribution in [-0.2, 0) is 22.4 Å². The summed E-state index contributed by atoms with van der Waals surface area (Å²) in [5.74, 6) is 0.268. The van der Waals surface area contributed by atoms with E-state index in [2.05, 4.69) is 34.1 Å². The van der Waals surface area contributed by atoms with Crippen LogP contribution in [0.4, 0.5) is 4.39 Å². The van der Waals surface area contributed by atoms with Crippen molar-refractivity contribution in [2.75, 3.05) is 52.5 Å². The van der Waals surface area contributed by atoms with Gasteiger partial charge in [0.25, 0.3) is 0 Å². The first kappa shape index (κ1) is 63.9. The number of rotatable bonds is 20. The molecule has 0 N–H and O–H groups in total. The summed E-state index contributed by atoms with van der Waals surface area (Å²) in [6.07, 6.45) is 8.85. The second kappa shape index (κ2) is 30.9. The highest BCUT2D eigenvalue weighted by Crippen LogP contribution is 2.42. The van der Waals surface area contributed by atoms with Gasteiger partial charge in [-0.25, -0.2) is 14.0 Å². The number of hydrogen-bond donors (Lipinski definition) is 0. The Morgan fingerprint density at radius 2 is 0.913 bits per heavy atom. The van der Waals surface area contributed by atoms with Crippen molar-refractivity contribution >= 4 is 57.0 Å². The van der Waals surface area contributed by atoms with Crippen LogP contribution in [0.1, 0.15) is 95.3 Å².